The average Bonchev–Trinajstić information content (AvgIpc) is 3.37. The fourth-order valence-corrected chi connectivity index (χ4v) is 4.39. The summed E-state index contributed by atoms with van der Waals surface area (Å²) in [6.45, 7) is 2.94. The predicted octanol–water partition coefficient (Wildman–Crippen LogP) is 3.11. The fraction of sp³-hybridized carbons (Fsp3) is 0.320. The highest BCUT2D eigenvalue weighted by Crippen LogP contribution is 2.26. The van der Waals surface area contributed by atoms with Crippen LogP contribution in [0.4, 0.5) is 10.3 Å². The lowest BCUT2D eigenvalue weighted by Crippen LogP contribution is -2.23. The van der Waals surface area contributed by atoms with Gasteiger partial charge in [-0.3, -0.25) is 14.2 Å². The number of fused-ring (bicyclic) bond motifs is 1. The molecule has 8 nitrogen and oxygen atoms in total. The number of nitrogens with zero attached hydrogens (tertiary/aromatic N) is 5. The van der Waals surface area contributed by atoms with Gasteiger partial charge in [-0.15, -0.1) is 0 Å². The molecule has 2 aromatic carbocycles. The molecule has 4 aromatic rings. The monoisotopic (exact) mass is 463 g/mol. The van der Waals surface area contributed by atoms with Gasteiger partial charge in [0.05, 0.1) is 23.6 Å². The number of rotatable bonds is 6. The number of anilines is 1. The Bertz CT molecular complexity index is 1380. The van der Waals surface area contributed by atoms with E-state index in [1.54, 1.807) is 42.3 Å². The fourth-order valence-electron chi connectivity index (χ4n) is 4.39. The van der Waals surface area contributed by atoms with E-state index in [2.05, 4.69) is 9.97 Å². The van der Waals surface area contributed by atoms with Crippen LogP contribution in [0.3, 0.4) is 0 Å². The Morgan fingerprint density at radius 3 is 2.65 bits per heavy atom. The van der Waals surface area contributed by atoms with Crippen LogP contribution in [-0.4, -0.2) is 50.0 Å². The number of hydrogen-bond acceptors (Lipinski definition) is 6. The third kappa shape index (κ3) is 4.14. The molecule has 176 valence electrons. The van der Waals surface area contributed by atoms with Gasteiger partial charge in [0, 0.05) is 50.6 Å². The second-order valence-corrected chi connectivity index (χ2v) is 8.55. The van der Waals surface area contributed by atoms with Crippen molar-refractivity contribution >= 4 is 16.9 Å². The van der Waals surface area contributed by atoms with Crippen molar-refractivity contribution in [3.63, 3.8) is 0 Å². The molecule has 1 N–H and O–H groups in total. The number of aliphatic hydroxyl groups is 1. The number of alkyl halides is 1. The molecule has 0 spiro atoms. The minimum Gasteiger partial charge on any atom is -0.460 e. The first-order valence-electron chi connectivity index (χ1n) is 11.2. The van der Waals surface area contributed by atoms with Crippen LogP contribution in [0, 0.1) is 0 Å². The molecule has 34 heavy (non-hydrogen) atoms. The molecule has 1 aliphatic heterocycles. The number of β-amino-alcohol motifs (C(OH)–C–C–N with tert-alkyl or cyclic N) is 1. The predicted molar refractivity (Wildman–Crippen MR) is 128 cm³/mol. The Hall–Kier alpha value is -3.72. The number of ether oxygens (including phenoxy) is 1. The van der Waals surface area contributed by atoms with Crippen molar-refractivity contribution in [2.24, 2.45) is 7.05 Å². The van der Waals surface area contributed by atoms with Gasteiger partial charge in [0.2, 0.25) is 12.3 Å². The maximum atomic E-state index is 13.5. The Balaban J connectivity index is 1.50. The van der Waals surface area contributed by atoms with E-state index in [0.29, 0.717) is 36.6 Å². The topological polar surface area (TPSA) is 85.4 Å². The highest BCUT2D eigenvalue weighted by atomic mass is 19.1. The summed E-state index contributed by atoms with van der Waals surface area (Å²) in [5, 5.41) is 10.3. The molecule has 5 rings (SSSR count). The van der Waals surface area contributed by atoms with Gasteiger partial charge in [0.15, 0.2) is 0 Å². The zero-order valence-electron chi connectivity index (χ0n) is 19.1. The number of halogens is 1. The molecule has 0 aliphatic carbocycles. The molecule has 2 atom stereocenters. The van der Waals surface area contributed by atoms with E-state index in [-0.39, 0.29) is 11.7 Å². The Labute approximate surface area is 195 Å². The van der Waals surface area contributed by atoms with E-state index in [4.69, 9.17) is 4.74 Å². The summed E-state index contributed by atoms with van der Waals surface area (Å²) >= 11 is 0. The van der Waals surface area contributed by atoms with E-state index < -0.39 is 6.36 Å². The zero-order valence-corrected chi connectivity index (χ0v) is 19.1. The summed E-state index contributed by atoms with van der Waals surface area (Å²) in [6.07, 6.45) is 2.44. The summed E-state index contributed by atoms with van der Waals surface area (Å²) in [4.78, 5) is 23.8. The molecule has 1 fully saturated rings. The van der Waals surface area contributed by atoms with Crippen LogP contribution >= 0.6 is 0 Å². The van der Waals surface area contributed by atoms with E-state index in [1.807, 2.05) is 33.8 Å². The molecule has 1 aliphatic rings. The first kappa shape index (κ1) is 22.1. The van der Waals surface area contributed by atoms with Gasteiger partial charge in [0.25, 0.3) is 5.56 Å². The van der Waals surface area contributed by atoms with Crippen molar-refractivity contribution in [2.45, 2.75) is 32.4 Å². The van der Waals surface area contributed by atoms with Crippen LogP contribution in [0.25, 0.3) is 22.0 Å². The molecule has 2 aromatic heterocycles. The van der Waals surface area contributed by atoms with Gasteiger partial charge < -0.3 is 14.7 Å². The van der Waals surface area contributed by atoms with Crippen molar-refractivity contribution in [1.82, 2.24) is 19.3 Å². The van der Waals surface area contributed by atoms with Gasteiger partial charge in [-0.25, -0.2) is 14.4 Å². The van der Waals surface area contributed by atoms with Gasteiger partial charge in [-0.2, -0.15) is 0 Å². The maximum absolute atomic E-state index is 13.5. The minimum absolute atomic E-state index is 0.113. The number of benzene rings is 2. The summed E-state index contributed by atoms with van der Waals surface area (Å²) in [5.41, 5.74) is 3.10. The van der Waals surface area contributed by atoms with E-state index >= 15 is 0 Å². The first-order chi connectivity index (χ1) is 16.4. The molecular formula is C25H26FN5O3. The summed E-state index contributed by atoms with van der Waals surface area (Å²) in [7, 11) is 1.71. The summed E-state index contributed by atoms with van der Waals surface area (Å²) < 4.78 is 22.3. The highest BCUT2D eigenvalue weighted by Gasteiger charge is 2.22. The van der Waals surface area contributed by atoms with Crippen LogP contribution in [-0.2, 0) is 13.6 Å². The standard InChI is InChI=1S/C25H26FN5O3/c1-16(26)34-23-6-4-3-5-18(23)14-31-22-11-17(7-8-21(22)24(33)29(31)2)19-12-27-25(28-13-19)30-10-9-20(32)15-30/h3-8,11-13,16,20,32H,9-10,14-15H2,1-2H3/t16?,20-/m1/s1. The Kier molecular flexibility index (Phi) is 5.79. The lowest BCUT2D eigenvalue weighted by atomic mass is 10.1. The lowest BCUT2D eigenvalue weighted by Gasteiger charge is -2.15. The number of para-hydroxylation sites is 1. The molecule has 3 heterocycles. The van der Waals surface area contributed by atoms with Crippen molar-refractivity contribution in [3.05, 3.63) is 70.8 Å². The normalized spacial score (nSPS) is 16.8. The van der Waals surface area contributed by atoms with Crippen molar-refractivity contribution in [3.8, 4) is 16.9 Å². The number of hydrogen-bond donors (Lipinski definition) is 1. The van der Waals surface area contributed by atoms with Crippen LogP contribution < -0.4 is 15.2 Å². The molecule has 0 bridgehead atoms. The lowest BCUT2D eigenvalue weighted by molar-refractivity contribution is 0.0847. The molecule has 1 unspecified atom stereocenters. The van der Waals surface area contributed by atoms with Crippen molar-refractivity contribution in [1.29, 1.82) is 0 Å². The van der Waals surface area contributed by atoms with E-state index in [9.17, 15) is 14.3 Å². The number of aliphatic hydroxyl groups excluding tert-OH is 1. The van der Waals surface area contributed by atoms with Crippen molar-refractivity contribution < 1.29 is 14.2 Å². The first-order valence-corrected chi connectivity index (χ1v) is 11.2. The average molecular weight is 464 g/mol. The minimum atomic E-state index is -1.44. The van der Waals surface area contributed by atoms with E-state index in [1.165, 1.54) is 6.92 Å². The largest absolute Gasteiger partial charge is 0.460 e. The molecule has 0 radical (unpaired) electrons. The van der Waals surface area contributed by atoms with E-state index in [0.717, 1.165) is 28.8 Å². The van der Waals surface area contributed by atoms with Gasteiger partial charge in [-0.05, 0) is 30.2 Å². The third-order valence-electron chi connectivity index (χ3n) is 6.16. The molecule has 9 heteroatoms. The van der Waals surface area contributed by atoms with Gasteiger partial charge >= 0.3 is 0 Å². The quantitative estimate of drug-likeness (QED) is 0.473. The Morgan fingerprint density at radius 1 is 1.18 bits per heavy atom. The summed E-state index contributed by atoms with van der Waals surface area (Å²) in [6, 6.07) is 12.9. The van der Waals surface area contributed by atoms with Crippen LogP contribution in [0.1, 0.15) is 18.9 Å². The van der Waals surface area contributed by atoms with Gasteiger partial charge in [-0.1, -0.05) is 24.3 Å². The second-order valence-electron chi connectivity index (χ2n) is 8.55. The number of aromatic nitrogens is 4. The maximum Gasteiger partial charge on any atom is 0.274 e. The molecular weight excluding hydrogens is 437 g/mol. The summed E-state index contributed by atoms with van der Waals surface area (Å²) in [5.74, 6) is 1.04. The van der Waals surface area contributed by atoms with Crippen LogP contribution in [0.15, 0.2) is 59.7 Å². The Morgan fingerprint density at radius 2 is 1.94 bits per heavy atom. The molecule has 1 saturated heterocycles. The van der Waals surface area contributed by atoms with Crippen LogP contribution in [0.2, 0.25) is 0 Å². The van der Waals surface area contributed by atoms with Crippen molar-refractivity contribution in [2.75, 3.05) is 18.0 Å². The third-order valence-corrected chi connectivity index (χ3v) is 6.16. The van der Waals surface area contributed by atoms with Gasteiger partial charge in [0.1, 0.15) is 5.75 Å². The second kappa shape index (κ2) is 8.90. The SMILES string of the molecule is CC(F)Oc1ccccc1Cn1c2cc(-c3cnc(N4CC[C@@H](O)C4)nc3)ccc2c(=O)n1C. The van der Waals surface area contributed by atoms with Crippen LogP contribution in [0.5, 0.6) is 5.75 Å². The highest BCUT2D eigenvalue weighted by molar-refractivity contribution is 5.84. The molecule has 0 saturated carbocycles. The molecule has 0 amide bonds. The smallest absolute Gasteiger partial charge is 0.274 e. The zero-order chi connectivity index (χ0) is 23.8.